The van der Waals surface area contributed by atoms with Gasteiger partial charge in [-0.15, -0.1) is 0 Å². The fourth-order valence-corrected chi connectivity index (χ4v) is 4.03. The van der Waals surface area contributed by atoms with Gasteiger partial charge < -0.3 is 19.9 Å². The van der Waals surface area contributed by atoms with Gasteiger partial charge in [-0.05, 0) is 74.9 Å². The van der Waals surface area contributed by atoms with Crippen LogP contribution in [0.1, 0.15) is 54.8 Å². The quantitative estimate of drug-likeness (QED) is 0.527. The van der Waals surface area contributed by atoms with Gasteiger partial charge in [0.1, 0.15) is 11.6 Å². The van der Waals surface area contributed by atoms with Crippen LogP contribution in [0.3, 0.4) is 0 Å². The van der Waals surface area contributed by atoms with Crippen molar-refractivity contribution in [2.24, 2.45) is 0 Å². The van der Waals surface area contributed by atoms with Gasteiger partial charge >= 0.3 is 5.97 Å². The van der Waals surface area contributed by atoms with E-state index in [9.17, 15) is 14.0 Å². The molecule has 0 bridgehead atoms. The van der Waals surface area contributed by atoms with E-state index in [2.05, 4.69) is 20.1 Å². The predicted molar refractivity (Wildman–Crippen MR) is 146 cm³/mol. The number of anilines is 2. The summed E-state index contributed by atoms with van der Waals surface area (Å²) in [6.45, 7) is 11.2. The number of hydrogen-bond acceptors (Lipinski definition) is 6. The molecule has 1 amide bonds. The molecule has 196 valence electrons. The molecule has 2 aliphatic rings. The summed E-state index contributed by atoms with van der Waals surface area (Å²) >= 11 is 0. The molecule has 2 aromatic rings. The Morgan fingerprint density at radius 2 is 1.62 bits per heavy atom. The molecule has 0 radical (unpaired) electrons. The molecule has 1 aromatic carbocycles. The van der Waals surface area contributed by atoms with Gasteiger partial charge in [-0.2, -0.15) is 0 Å². The van der Waals surface area contributed by atoms with Crippen molar-refractivity contribution in [1.82, 2.24) is 10.3 Å². The van der Waals surface area contributed by atoms with Crippen LogP contribution >= 0.6 is 0 Å². The highest BCUT2D eigenvalue weighted by Gasteiger charge is 2.19. The van der Waals surface area contributed by atoms with Crippen molar-refractivity contribution in [3.05, 3.63) is 89.0 Å². The van der Waals surface area contributed by atoms with E-state index in [-0.39, 0.29) is 17.7 Å². The number of rotatable bonds is 6. The summed E-state index contributed by atoms with van der Waals surface area (Å²) in [7, 11) is 0. The summed E-state index contributed by atoms with van der Waals surface area (Å²) in [5, 5.41) is 2.75. The largest absolute Gasteiger partial charge is 0.462 e. The van der Waals surface area contributed by atoms with E-state index in [0.717, 1.165) is 43.3 Å². The standard InChI is InChI=1S/C27H29FN4O3.C2H6/c1-3-35-27(34)20-5-9-24(10-6-20)31-12-14-32(15-13-31)25-11-7-21(18-29-25)26(33)30-23-16-19(2)4-8-22(28)17-23;1-2/h5-11,16-18H,3-4,12-15H2,1-2H3,(H,30,33);1-2H3. The summed E-state index contributed by atoms with van der Waals surface area (Å²) in [5.41, 5.74) is 3.40. The van der Waals surface area contributed by atoms with Crippen LogP contribution in [0.4, 0.5) is 15.9 Å². The van der Waals surface area contributed by atoms with Crippen molar-refractivity contribution in [2.45, 2.75) is 34.1 Å². The number of nitrogens with zero attached hydrogens (tertiary/aromatic N) is 3. The molecule has 1 aliphatic carbocycles. The maximum absolute atomic E-state index is 13.8. The number of carbonyl (C=O) groups is 2. The Morgan fingerprint density at radius 3 is 2.24 bits per heavy atom. The van der Waals surface area contributed by atoms with E-state index in [4.69, 9.17) is 4.74 Å². The van der Waals surface area contributed by atoms with Crippen molar-refractivity contribution < 1.29 is 18.7 Å². The number of esters is 1. The lowest BCUT2D eigenvalue weighted by molar-refractivity contribution is 0.0526. The molecule has 7 nitrogen and oxygen atoms in total. The van der Waals surface area contributed by atoms with Gasteiger partial charge in [0, 0.05) is 43.8 Å². The van der Waals surface area contributed by atoms with Gasteiger partial charge in [-0.1, -0.05) is 19.4 Å². The highest BCUT2D eigenvalue weighted by molar-refractivity contribution is 5.95. The highest BCUT2D eigenvalue weighted by atomic mass is 19.1. The zero-order valence-electron chi connectivity index (χ0n) is 22.0. The maximum Gasteiger partial charge on any atom is 0.338 e. The molecule has 0 atom stereocenters. The Morgan fingerprint density at radius 1 is 0.973 bits per heavy atom. The molecule has 1 aliphatic heterocycles. The van der Waals surface area contributed by atoms with Gasteiger partial charge in [0.05, 0.1) is 17.7 Å². The van der Waals surface area contributed by atoms with Gasteiger partial charge in [0.2, 0.25) is 0 Å². The average molecular weight is 507 g/mol. The van der Waals surface area contributed by atoms with Crippen LogP contribution in [0.5, 0.6) is 0 Å². The monoisotopic (exact) mass is 506 g/mol. The van der Waals surface area contributed by atoms with E-state index in [1.165, 1.54) is 12.2 Å². The van der Waals surface area contributed by atoms with Crippen LogP contribution in [0, 0.1) is 0 Å². The predicted octanol–water partition coefficient (Wildman–Crippen LogP) is 5.43. The third-order valence-electron chi connectivity index (χ3n) is 5.93. The number of piperazine rings is 1. The van der Waals surface area contributed by atoms with Gasteiger partial charge in [-0.3, -0.25) is 4.79 Å². The molecular weight excluding hydrogens is 471 g/mol. The zero-order chi connectivity index (χ0) is 26.8. The molecule has 0 unspecified atom stereocenters. The maximum atomic E-state index is 13.8. The second kappa shape index (κ2) is 13.4. The molecule has 2 heterocycles. The Kier molecular flexibility index (Phi) is 10.0. The van der Waals surface area contributed by atoms with Crippen LogP contribution < -0.4 is 15.1 Å². The molecule has 0 saturated carbocycles. The number of carbonyl (C=O) groups excluding carboxylic acids is 2. The Bertz CT molecular complexity index is 1160. The third-order valence-corrected chi connectivity index (χ3v) is 5.93. The lowest BCUT2D eigenvalue weighted by Gasteiger charge is -2.36. The van der Waals surface area contributed by atoms with E-state index < -0.39 is 0 Å². The molecule has 0 spiro atoms. The van der Waals surface area contributed by atoms with Gasteiger partial charge in [0.25, 0.3) is 5.91 Å². The second-order valence-electron chi connectivity index (χ2n) is 8.48. The third kappa shape index (κ3) is 7.52. The number of hydrogen-bond donors (Lipinski definition) is 1. The van der Waals surface area contributed by atoms with E-state index in [1.54, 1.807) is 37.4 Å². The summed E-state index contributed by atoms with van der Waals surface area (Å²) in [4.78, 5) is 33.4. The van der Waals surface area contributed by atoms with Crippen LogP contribution in [-0.2, 0) is 4.74 Å². The minimum absolute atomic E-state index is 0.311. The minimum atomic E-state index is -0.365. The summed E-state index contributed by atoms with van der Waals surface area (Å²) in [6.07, 6.45) is 6.64. The fraction of sp³-hybridized carbons (Fsp3) is 0.345. The highest BCUT2D eigenvalue weighted by Crippen LogP contribution is 2.21. The van der Waals surface area contributed by atoms with Crippen molar-refractivity contribution >= 4 is 23.4 Å². The number of pyridine rings is 1. The van der Waals surface area contributed by atoms with Crippen LogP contribution in [-0.4, -0.2) is 49.6 Å². The number of nitrogens with one attached hydrogen (secondary N) is 1. The molecule has 4 rings (SSSR count). The number of benzene rings is 1. The zero-order valence-corrected chi connectivity index (χ0v) is 22.0. The van der Waals surface area contributed by atoms with Crippen molar-refractivity contribution in [3.8, 4) is 0 Å². The number of aromatic nitrogens is 1. The first-order valence-corrected chi connectivity index (χ1v) is 12.7. The molecule has 1 N–H and O–H groups in total. The average Bonchev–Trinajstić information content (AvgIpc) is 3.09. The van der Waals surface area contributed by atoms with Crippen molar-refractivity contribution in [1.29, 1.82) is 0 Å². The van der Waals surface area contributed by atoms with Crippen LogP contribution in [0.15, 0.2) is 77.9 Å². The molecule has 8 heteroatoms. The summed E-state index contributed by atoms with van der Waals surface area (Å²) < 4.78 is 18.8. The van der Waals surface area contributed by atoms with Crippen LogP contribution in [0.2, 0.25) is 0 Å². The Hall–Kier alpha value is -3.94. The normalized spacial score (nSPS) is 15.3. The van der Waals surface area contributed by atoms with E-state index in [0.29, 0.717) is 29.9 Å². The summed E-state index contributed by atoms with van der Waals surface area (Å²) in [5.74, 6) is -0.202. The van der Waals surface area contributed by atoms with Gasteiger partial charge in [-0.25, -0.2) is 14.2 Å². The SMILES string of the molecule is CC.CCOC(=O)c1ccc(N2CCN(c3ccc(C(=O)NC4=CC(F)=CCC(C)=C4)cn3)CC2)cc1. The molecule has 1 aromatic heterocycles. The molecule has 37 heavy (non-hydrogen) atoms. The lowest BCUT2D eigenvalue weighted by atomic mass is 10.1. The number of allylic oxidation sites excluding steroid dienone is 5. The number of ether oxygens (including phenoxy) is 1. The molecule has 1 saturated heterocycles. The fourth-order valence-electron chi connectivity index (χ4n) is 4.03. The smallest absolute Gasteiger partial charge is 0.338 e. The first-order chi connectivity index (χ1) is 17.9. The van der Waals surface area contributed by atoms with Crippen molar-refractivity contribution in [2.75, 3.05) is 42.6 Å². The molecular formula is C29H35FN4O3. The topological polar surface area (TPSA) is 74.8 Å². The van der Waals surface area contributed by atoms with Crippen molar-refractivity contribution in [3.63, 3.8) is 0 Å². The number of halogens is 1. The molecule has 1 fully saturated rings. The first kappa shape index (κ1) is 27.6. The first-order valence-electron chi connectivity index (χ1n) is 12.7. The lowest BCUT2D eigenvalue weighted by Crippen LogP contribution is -2.46. The van der Waals surface area contributed by atoms with E-state index >= 15 is 0 Å². The van der Waals surface area contributed by atoms with E-state index in [1.807, 2.05) is 39.0 Å². The minimum Gasteiger partial charge on any atom is -0.462 e. The van der Waals surface area contributed by atoms with Crippen LogP contribution in [0.25, 0.3) is 0 Å². The Balaban J connectivity index is 0.00000186. The van der Waals surface area contributed by atoms with Gasteiger partial charge in [0.15, 0.2) is 0 Å². The second-order valence-corrected chi connectivity index (χ2v) is 8.48. The Labute approximate surface area is 218 Å². The number of amides is 1. The summed E-state index contributed by atoms with van der Waals surface area (Å²) in [6, 6.07) is 11.0.